The van der Waals surface area contributed by atoms with E-state index in [1.807, 2.05) is 6.20 Å². The quantitative estimate of drug-likeness (QED) is 0.852. The summed E-state index contributed by atoms with van der Waals surface area (Å²) in [6.45, 7) is 9.38. The molecule has 5 nitrogen and oxygen atoms in total. The molecule has 2 amide bonds. The number of amides is 2. The fourth-order valence-electron chi connectivity index (χ4n) is 3.46. The molecular formula is C19H30F2N4O. The number of carbonyl (C=O) groups excluding carboxylic acids is 1. The molecule has 2 aliphatic rings. The van der Waals surface area contributed by atoms with Crippen molar-refractivity contribution in [2.45, 2.75) is 66.0 Å². The van der Waals surface area contributed by atoms with Crippen molar-refractivity contribution in [1.82, 2.24) is 19.8 Å². The van der Waals surface area contributed by atoms with Crippen LogP contribution in [0.5, 0.6) is 0 Å². The third-order valence-electron chi connectivity index (χ3n) is 5.59. The number of hydrogen-bond acceptors (Lipinski definition) is 2. The van der Waals surface area contributed by atoms with Crippen molar-refractivity contribution in [3.63, 3.8) is 0 Å². The summed E-state index contributed by atoms with van der Waals surface area (Å²) in [7, 11) is 0. The zero-order chi connectivity index (χ0) is 19.3. The number of nitrogens with zero attached hydrogens (tertiary/aromatic N) is 3. The molecule has 0 spiro atoms. The number of rotatable bonds is 5. The molecule has 0 aromatic carbocycles. The van der Waals surface area contributed by atoms with Gasteiger partial charge in [0.2, 0.25) is 0 Å². The summed E-state index contributed by atoms with van der Waals surface area (Å²) in [6.07, 6.45) is 6.18. The maximum absolute atomic E-state index is 14.2. The van der Waals surface area contributed by atoms with Gasteiger partial charge in [-0.2, -0.15) is 0 Å². The second-order valence-electron chi connectivity index (χ2n) is 9.51. The van der Waals surface area contributed by atoms with Gasteiger partial charge in [-0.25, -0.2) is 18.6 Å². The van der Waals surface area contributed by atoms with E-state index in [4.69, 9.17) is 0 Å². The number of nitrogens with one attached hydrogen (secondary N) is 1. The minimum atomic E-state index is -2.97. The Morgan fingerprint density at radius 2 is 2.00 bits per heavy atom. The Labute approximate surface area is 154 Å². The Hall–Kier alpha value is -1.66. The van der Waals surface area contributed by atoms with E-state index in [9.17, 15) is 13.6 Å². The van der Waals surface area contributed by atoms with Crippen molar-refractivity contribution in [2.75, 3.05) is 13.1 Å². The molecule has 0 bridgehead atoms. The zero-order valence-electron chi connectivity index (χ0n) is 16.4. The first-order valence-electron chi connectivity index (χ1n) is 9.36. The van der Waals surface area contributed by atoms with Crippen LogP contribution in [0.25, 0.3) is 0 Å². The van der Waals surface area contributed by atoms with Crippen LogP contribution in [0.1, 0.15) is 59.3 Å². The summed E-state index contributed by atoms with van der Waals surface area (Å²) in [5, 5.41) is 2.43. The predicted octanol–water partition coefficient (Wildman–Crippen LogP) is 4.07. The van der Waals surface area contributed by atoms with Crippen molar-refractivity contribution in [1.29, 1.82) is 0 Å². The number of imidazole rings is 1. The van der Waals surface area contributed by atoms with Gasteiger partial charge in [-0.15, -0.1) is 0 Å². The molecule has 1 saturated heterocycles. The average molecular weight is 368 g/mol. The van der Waals surface area contributed by atoms with Gasteiger partial charge in [0.05, 0.1) is 12.6 Å². The number of likely N-dealkylation sites (tertiary alicyclic amines) is 1. The molecule has 7 heteroatoms. The summed E-state index contributed by atoms with van der Waals surface area (Å²) in [5.74, 6) is -1.42. The second kappa shape index (κ2) is 6.20. The van der Waals surface area contributed by atoms with E-state index in [0.29, 0.717) is 12.5 Å². The van der Waals surface area contributed by atoms with Crippen LogP contribution in [-0.2, 0) is 6.54 Å². The van der Waals surface area contributed by atoms with Crippen molar-refractivity contribution >= 4 is 6.03 Å². The highest BCUT2D eigenvalue weighted by atomic mass is 19.3. The van der Waals surface area contributed by atoms with Crippen LogP contribution >= 0.6 is 0 Å². The lowest BCUT2D eigenvalue weighted by molar-refractivity contribution is -0.0938. The third-order valence-corrected chi connectivity index (χ3v) is 5.59. The molecule has 1 atom stereocenters. The van der Waals surface area contributed by atoms with Gasteiger partial charge in [-0.1, -0.05) is 34.6 Å². The van der Waals surface area contributed by atoms with Crippen LogP contribution in [0, 0.1) is 16.7 Å². The zero-order valence-corrected chi connectivity index (χ0v) is 16.4. The SMILES string of the molecule is CC1(C)CN(C(=O)NCC(F)(F)C(C)(C)C)C1c1nccn1CC1CC1. The Balaban J connectivity index is 1.70. The van der Waals surface area contributed by atoms with E-state index in [0.717, 1.165) is 12.4 Å². The van der Waals surface area contributed by atoms with Crippen LogP contribution < -0.4 is 5.32 Å². The van der Waals surface area contributed by atoms with Gasteiger partial charge in [0.15, 0.2) is 0 Å². The Morgan fingerprint density at radius 3 is 2.54 bits per heavy atom. The number of aromatic nitrogens is 2. The molecule has 3 rings (SSSR count). The van der Waals surface area contributed by atoms with E-state index in [2.05, 4.69) is 28.7 Å². The first-order valence-corrected chi connectivity index (χ1v) is 9.36. The summed E-state index contributed by atoms with van der Waals surface area (Å²) in [4.78, 5) is 18.7. The number of carbonyl (C=O) groups is 1. The largest absolute Gasteiger partial charge is 0.333 e. The Bertz CT molecular complexity index is 673. The average Bonchev–Trinajstić information content (AvgIpc) is 3.21. The fourth-order valence-corrected chi connectivity index (χ4v) is 3.46. The van der Waals surface area contributed by atoms with Crippen LogP contribution in [0.4, 0.5) is 13.6 Å². The topological polar surface area (TPSA) is 50.2 Å². The molecule has 2 heterocycles. The van der Waals surface area contributed by atoms with Gasteiger partial charge < -0.3 is 14.8 Å². The monoisotopic (exact) mass is 368 g/mol. The van der Waals surface area contributed by atoms with Crippen LogP contribution in [0.2, 0.25) is 0 Å². The van der Waals surface area contributed by atoms with Crippen LogP contribution in [-0.4, -0.2) is 39.5 Å². The summed E-state index contributed by atoms with van der Waals surface area (Å²) in [5.41, 5.74) is -1.33. The highest BCUT2D eigenvalue weighted by Gasteiger charge is 2.52. The van der Waals surface area contributed by atoms with Gasteiger partial charge in [0, 0.05) is 36.3 Å². The number of alkyl halides is 2. The number of urea groups is 1. The van der Waals surface area contributed by atoms with E-state index < -0.39 is 23.9 Å². The molecule has 1 aromatic rings. The molecule has 2 fully saturated rings. The van der Waals surface area contributed by atoms with Crippen molar-refractivity contribution in [3.8, 4) is 0 Å². The van der Waals surface area contributed by atoms with Gasteiger partial charge in [0.1, 0.15) is 5.82 Å². The van der Waals surface area contributed by atoms with Crippen molar-refractivity contribution < 1.29 is 13.6 Å². The van der Waals surface area contributed by atoms with Crippen LogP contribution in [0.15, 0.2) is 12.4 Å². The molecule has 1 aliphatic heterocycles. The summed E-state index contributed by atoms with van der Waals surface area (Å²) >= 11 is 0. The first-order chi connectivity index (χ1) is 11.9. The lowest BCUT2D eigenvalue weighted by atomic mass is 9.74. The maximum atomic E-state index is 14.2. The highest BCUT2D eigenvalue weighted by Crippen LogP contribution is 2.48. The number of halogens is 2. The lowest BCUT2D eigenvalue weighted by Crippen LogP contribution is -2.62. The van der Waals surface area contributed by atoms with E-state index in [-0.39, 0.29) is 11.5 Å². The first kappa shape index (κ1) is 19.1. The molecule has 1 aromatic heterocycles. The van der Waals surface area contributed by atoms with E-state index in [1.165, 1.54) is 33.6 Å². The summed E-state index contributed by atoms with van der Waals surface area (Å²) < 4.78 is 30.4. The predicted molar refractivity (Wildman–Crippen MR) is 96.0 cm³/mol. The Kier molecular flexibility index (Phi) is 4.56. The minimum absolute atomic E-state index is 0.128. The number of hydrogen-bond donors (Lipinski definition) is 1. The van der Waals surface area contributed by atoms with Crippen LogP contribution in [0.3, 0.4) is 0 Å². The fraction of sp³-hybridized carbons (Fsp3) is 0.789. The molecule has 26 heavy (non-hydrogen) atoms. The molecule has 0 radical (unpaired) electrons. The van der Waals surface area contributed by atoms with Crippen molar-refractivity contribution in [3.05, 3.63) is 18.2 Å². The lowest BCUT2D eigenvalue weighted by Gasteiger charge is -2.53. The standard InChI is InChI=1S/C19H30F2N4O/c1-17(2,3)19(20,21)11-23-16(26)25-12-18(4,5)14(25)15-22-8-9-24(15)10-13-6-7-13/h8-9,13-14H,6-7,10-12H2,1-5H3,(H,23,26). The molecule has 1 aliphatic carbocycles. The van der Waals surface area contributed by atoms with Gasteiger partial charge in [0.25, 0.3) is 5.92 Å². The van der Waals surface area contributed by atoms with Gasteiger partial charge in [-0.05, 0) is 18.8 Å². The Morgan fingerprint density at radius 1 is 1.35 bits per heavy atom. The molecular weight excluding hydrogens is 338 g/mol. The van der Waals surface area contributed by atoms with Gasteiger partial charge in [-0.3, -0.25) is 0 Å². The molecule has 1 N–H and O–H groups in total. The molecule has 146 valence electrons. The summed E-state index contributed by atoms with van der Waals surface area (Å²) in [6, 6.07) is -0.640. The van der Waals surface area contributed by atoms with Crippen molar-refractivity contribution in [2.24, 2.45) is 16.7 Å². The second-order valence-corrected chi connectivity index (χ2v) is 9.51. The third kappa shape index (κ3) is 3.58. The molecule has 1 unspecified atom stereocenters. The molecule has 1 saturated carbocycles. The van der Waals surface area contributed by atoms with E-state index in [1.54, 1.807) is 11.1 Å². The minimum Gasteiger partial charge on any atom is -0.333 e. The normalized spacial score (nSPS) is 22.9. The maximum Gasteiger partial charge on any atom is 0.318 e. The smallest absolute Gasteiger partial charge is 0.318 e. The van der Waals surface area contributed by atoms with E-state index >= 15 is 0 Å². The highest BCUT2D eigenvalue weighted by molar-refractivity contribution is 5.76. The van der Waals surface area contributed by atoms with Gasteiger partial charge >= 0.3 is 6.03 Å².